The zero-order chi connectivity index (χ0) is 15.7. The lowest BCUT2D eigenvalue weighted by Crippen LogP contribution is -2.11. The highest BCUT2D eigenvalue weighted by molar-refractivity contribution is 9.10. The molecular formula is C16H21BrN2O2. The Kier molecular flexibility index (Phi) is 7.84. The quantitative estimate of drug-likeness (QED) is 0.690. The molecule has 0 fully saturated rings. The maximum atomic E-state index is 10.7. The van der Waals surface area contributed by atoms with Gasteiger partial charge in [0.05, 0.1) is 11.3 Å². The standard InChI is InChI=1S/C16H21BrN2O2/c1-2-3-12(4-7-16(20)21)8-9-19-15-10-14(17)6-5-13(15)11-18/h5-6,10,12,19H,2-4,7-9H2,1H3,(H,20,21). The monoisotopic (exact) mass is 352 g/mol. The van der Waals surface area contributed by atoms with Crippen LogP contribution in [0.2, 0.25) is 0 Å². The molecule has 114 valence electrons. The number of halogens is 1. The summed E-state index contributed by atoms with van der Waals surface area (Å²) in [7, 11) is 0. The summed E-state index contributed by atoms with van der Waals surface area (Å²) in [6.45, 7) is 2.86. The molecule has 0 heterocycles. The molecule has 0 amide bonds. The van der Waals surface area contributed by atoms with E-state index in [4.69, 9.17) is 10.4 Å². The van der Waals surface area contributed by atoms with Gasteiger partial charge in [0.1, 0.15) is 6.07 Å². The van der Waals surface area contributed by atoms with Crippen LogP contribution in [0.3, 0.4) is 0 Å². The van der Waals surface area contributed by atoms with Crippen LogP contribution in [0.5, 0.6) is 0 Å². The minimum Gasteiger partial charge on any atom is -0.481 e. The van der Waals surface area contributed by atoms with Gasteiger partial charge in [0.15, 0.2) is 0 Å². The summed E-state index contributed by atoms with van der Waals surface area (Å²) in [5.41, 5.74) is 1.44. The van der Waals surface area contributed by atoms with Gasteiger partial charge in [0.25, 0.3) is 0 Å². The van der Waals surface area contributed by atoms with Crippen molar-refractivity contribution in [1.29, 1.82) is 5.26 Å². The number of carboxylic acids is 1. The third-order valence-corrected chi connectivity index (χ3v) is 3.93. The Morgan fingerprint density at radius 1 is 1.43 bits per heavy atom. The van der Waals surface area contributed by atoms with Crippen molar-refractivity contribution in [2.24, 2.45) is 5.92 Å². The largest absolute Gasteiger partial charge is 0.481 e. The lowest BCUT2D eigenvalue weighted by Gasteiger charge is -2.16. The molecule has 0 radical (unpaired) electrons. The number of carbonyl (C=O) groups is 1. The molecule has 5 heteroatoms. The summed E-state index contributed by atoms with van der Waals surface area (Å²) in [6.07, 6.45) is 3.96. The van der Waals surface area contributed by atoms with E-state index in [1.807, 2.05) is 12.1 Å². The van der Waals surface area contributed by atoms with Crippen LogP contribution < -0.4 is 5.32 Å². The second-order valence-electron chi connectivity index (χ2n) is 5.10. The number of aliphatic carboxylic acids is 1. The van der Waals surface area contributed by atoms with Crippen molar-refractivity contribution in [1.82, 2.24) is 0 Å². The zero-order valence-electron chi connectivity index (χ0n) is 12.2. The molecule has 0 saturated carbocycles. The molecule has 0 aliphatic carbocycles. The second kappa shape index (κ2) is 9.41. The Hall–Kier alpha value is -1.54. The Labute approximate surface area is 134 Å². The Morgan fingerprint density at radius 3 is 2.81 bits per heavy atom. The van der Waals surface area contributed by atoms with Crippen molar-refractivity contribution in [3.05, 3.63) is 28.2 Å². The van der Waals surface area contributed by atoms with Crippen LogP contribution in [0, 0.1) is 17.2 Å². The molecule has 1 aromatic carbocycles. The van der Waals surface area contributed by atoms with Crippen LogP contribution in [0.1, 0.15) is 44.6 Å². The third kappa shape index (κ3) is 6.63. The van der Waals surface area contributed by atoms with Crippen LogP contribution in [0.15, 0.2) is 22.7 Å². The van der Waals surface area contributed by atoms with E-state index in [1.54, 1.807) is 6.07 Å². The van der Waals surface area contributed by atoms with Crippen LogP contribution in [0.25, 0.3) is 0 Å². The van der Waals surface area contributed by atoms with Gasteiger partial charge in [0, 0.05) is 17.4 Å². The summed E-state index contributed by atoms with van der Waals surface area (Å²) in [5.74, 6) is -0.320. The molecule has 21 heavy (non-hydrogen) atoms. The molecular weight excluding hydrogens is 332 g/mol. The normalized spacial score (nSPS) is 11.7. The number of nitrogens with one attached hydrogen (secondary N) is 1. The highest BCUT2D eigenvalue weighted by atomic mass is 79.9. The van der Waals surface area contributed by atoms with Crippen LogP contribution in [-0.4, -0.2) is 17.6 Å². The van der Waals surface area contributed by atoms with Crippen LogP contribution >= 0.6 is 15.9 Å². The lowest BCUT2D eigenvalue weighted by molar-refractivity contribution is -0.137. The molecule has 1 rings (SSSR count). The van der Waals surface area contributed by atoms with Crippen molar-refractivity contribution >= 4 is 27.6 Å². The molecule has 0 spiro atoms. The number of rotatable bonds is 9. The molecule has 4 nitrogen and oxygen atoms in total. The van der Waals surface area contributed by atoms with Crippen molar-refractivity contribution in [2.75, 3.05) is 11.9 Å². The average molecular weight is 353 g/mol. The first-order valence-corrected chi connectivity index (χ1v) is 8.01. The van der Waals surface area contributed by atoms with E-state index < -0.39 is 5.97 Å². The number of benzene rings is 1. The minimum atomic E-state index is -0.734. The van der Waals surface area contributed by atoms with Gasteiger partial charge >= 0.3 is 5.97 Å². The van der Waals surface area contributed by atoms with E-state index in [0.29, 0.717) is 17.9 Å². The molecule has 0 bridgehead atoms. The highest BCUT2D eigenvalue weighted by Crippen LogP contribution is 2.22. The first kappa shape index (κ1) is 17.5. The Bertz CT molecular complexity index is 511. The first-order chi connectivity index (χ1) is 10.1. The molecule has 1 unspecified atom stereocenters. The Morgan fingerprint density at radius 2 is 2.19 bits per heavy atom. The van der Waals surface area contributed by atoms with Gasteiger partial charge in [-0.3, -0.25) is 4.79 Å². The van der Waals surface area contributed by atoms with E-state index in [9.17, 15) is 4.79 Å². The summed E-state index contributed by atoms with van der Waals surface area (Å²) in [5, 5.41) is 21.1. The number of hydrogen-bond acceptors (Lipinski definition) is 3. The number of hydrogen-bond donors (Lipinski definition) is 2. The fraction of sp³-hybridized carbons (Fsp3) is 0.500. The summed E-state index contributed by atoms with van der Waals surface area (Å²) < 4.78 is 0.931. The van der Waals surface area contributed by atoms with E-state index >= 15 is 0 Å². The van der Waals surface area contributed by atoms with Gasteiger partial charge in [-0.15, -0.1) is 0 Å². The van der Waals surface area contributed by atoms with Gasteiger partial charge in [0.2, 0.25) is 0 Å². The molecule has 1 atom stereocenters. The number of nitrogens with zero attached hydrogens (tertiary/aromatic N) is 1. The molecule has 1 aromatic rings. The average Bonchev–Trinajstić information content (AvgIpc) is 2.45. The molecule has 0 aromatic heterocycles. The van der Waals surface area contributed by atoms with Gasteiger partial charge < -0.3 is 10.4 Å². The van der Waals surface area contributed by atoms with Gasteiger partial charge in [-0.25, -0.2) is 0 Å². The van der Waals surface area contributed by atoms with Crippen LogP contribution in [0.4, 0.5) is 5.69 Å². The molecule has 2 N–H and O–H groups in total. The fourth-order valence-corrected chi connectivity index (χ4v) is 2.70. The van der Waals surface area contributed by atoms with E-state index in [1.165, 1.54) is 0 Å². The van der Waals surface area contributed by atoms with Crippen LogP contribution in [-0.2, 0) is 4.79 Å². The predicted octanol–water partition coefficient (Wildman–Crippen LogP) is 4.40. The second-order valence-corrected chi connectivity index (χ2v) is 6.02. The van der Waals surface area contributed by atoms with Gasteiger partial charge in [-0.1, -0.05) is 35.7 Å². The van der Waals surface area contributed by atoms with Crippen molar-refractivity contribution in [3.63, 3.8) is 0 Å². The fourth-order valence-electron chi connectivity index (χ4n) is 2.34. The lowest BCUT2D eigenvalue weighted by atomic mass is 9.94. The topological polar surface area (TPSA) is 73.1 Å². The van der Waals surface area contributed by atoms with E-state index in [2.05, 4.69) is 34.2 Å². The Balaban J connectivity index is 2.51. The van der Waals surface area contributed by atoms with Gasteiger partial charge in [-0.2, -0.15) is 5.26 Å². The van der Waals surface area contributed by atoms with Crippen molar-refractivity contribution < 1.29 is 9.90 Å². The maximum absolute atomic E-state index is 10.7. The van der Waals surface area contributed by atoms with E-state index in [0.717, 1.165) is 36.0 Å². The number of anilines is 1. The smallest absolute Gasteiger partial charge is 0.303 e. The first-order valence-electron chi connectivity index (χ1n) is 7.22. The minimum absolute atomic E-state index is 0.227. The number of carboxylic acid groups (broad SMARTS) is 1. The predicted molar refractivity (Wildman–Crippen MR) is 87.2 cm³/mol. The summed E-state index contributed by atoms with van der Waals surface area (Å²) >= 11 is 3.40. The zero-order valence-corrected chi connectivity index (χ0v) is 13.8. The maximum Gasteiger partial charge on any atom is 0.303 e. The van der Waals surface area contributed by atoms with Crippen molar-refractivity contribution in [2.45, 2.75) is 39.0 Å². The summed E-state index contributed by atoms with van der Waals surface area (Å²) in [6, 6.07) is 7.68. The van der Waals surface area contributed by atoms with Crippen molar-refractivity contribution in [3.8, 4) is 6.07 Å². The SMILES string of the molecule is CCCC(CCNc1cc(Br)ccc1C#N)CCC(=O)O. The van der Waals surface area contributed by atoms with Gasteiger partial charge in [-0.05, 0) is 37.0 Å². The summed E-state index contributed by atoms with van der Waals surface area (Å²) in [4.78, 5) is 10.7. The highest BCUT2D eigenvalue weighted by Gasteiger charge is 2.10. The van der Waals surface area contributed by atoms with E-state index in [-0.39, 0.29) is 6.42 Å². The third-order valence-electron chi connectivity index (χ3n) is 3.43. The molecule has 0 aliphatic heterocycles. The molecule has 0 saturated heterocycles. The molecule has 0 aliphatic rings. The number of nitriles is 1.